The van der Waals surface area contributed by atoms with Crippen LogP contribution < -0.4 is 0 Å². The van der Waals surface area contributed by atoms with Crippen molar-refractivity contribution in [2.45, 2.75) is 134 Å². The van der Waals surface area contributed by atoms with E-state index in [1.807, 2.05) is 83.1 Å². The fourth-order valence-corrected chi connectivity index (χ4v) is 2.94. The van der Waals surface area contributed by atoms with Crippen LogP contribution in [0.2, 0.25) is 0 Å². The van der Waals surface area contributed by atoms with Gasteiger partial charge < -0.3 is 38.4 Å². The monoisotopic (exact) mass is 744 g/mol. The van der Waals surface area contributed by atoms with E-state index in [2.05, 4.69) is 0 Å². The summed E-state index contributed by atoms with van der Waals surface area (Å²) in [6.07, 6.45) is 7.97. The molecule has 0 amide bonds. The second kappa shape index (κ2) is 24.8. The summed E-state index contributed by atoms with van der Waals surface area (Å²) in [5.74, 6) is -0.102. The molecular formula is C32H52HfO8. The van der Waals surface area contributed by atoms with Crippen molar-refractivity contribution < 1.29 is 64.2 Å². The largest absolute Gasteiger partial charge is 4.00 e. The Morgan fingerprint density at radius 3 is 0.561 bits per heavy atom. The van der Waals surface area contributed by atoms with Gasteiger partial charge in [-0.1, -0.05) is 109 Å². The molecule has 9 heteroatoms. The summed E-state index contributed by atoms with van der Waals surface area (Å²) in [7, 11) is 0. The zero-order valence-electron chi connectivity index (χ0n) is 27.4. The Morgan fingerprint density at radius 1 is 0.366 bits per heavy atom. The molecule has 0 unspecified atom stereocenters. The molecule has 0 saturated heterocycles. The molecule has 0 aliphatic rings. The normalized spacial score (nSPS) is 10.8. The molecule has 0 heterocycles. The fraction of sp³-hybridized carbons (Fsp3) is 0.750. The first-order valence-corrected chi connectivity index (χ1v) is 13.3. The van der Waals surface area contributed by atoms with Gasteiger partial charge in [0.05, 0.1) is 0 Å². The van der Waals surface area contributed by atoms with Crippen LogP contribution in [0.5, 0.6) is 0 Å². The summed E-state index contributed by atoms with van der Waals surface area (Å²) >= 11 is 0. The quantitative estimate of drug-likeness (QED) is 0.136. The first-order chi connectivity index (χ1) is 17.8. The number of carbonyl (C=O) groups excluding carboxylic acids is 8. The molecule has 41 heavy (non-hydrogen) atoms. The Kier molecular flexibility index (Phi) is 29.6. The molecule has 0 rings (SSSR count). The van der Waals surface area contributed by atoms with E-state index in [1.54, 1.807) is 25.1 Å². The van der Waals surface area contributed by atoms with Crippen LogP contribution in [0.1, 0.15) is 134 Å². The van der Waals surface area contributed by atoms with Crippen molar-refractivity contribution in [3.05, 3.63) is 0 Å². The number of hydrogen-bond acceptors (Lipinski definition) is 8. The zero-order valence-corrected chi connectivity index (χ0v) is 31.0. The molecule has 8 nitrogen and oxygen atoms in total. The van der Waals surface area contributed by atoms with Gasteiger partial charge in [-0.3, -0.25) is 25.1 Å². The van der Waals surface area contributed by atoms with Crippen molar-refractivity contribution in [3.63, 3.8) is 0 Å². The van der Waals surface area contributed by atoms with Crippen molar-refractivity contribution in [3.8, 4) is 0 Å². The minimum Gasteiger partial charge on any atom is -0.541 e. The second-order valence-electron chi connectivity index (χ2n) is 14.4. The van der Waals surface area contributed by atoms with E-state index in [1.165, 1.54) is 0 Å². The number of rotatable bonds is 12. The van der Waals surface area contributed by atoms with Crippen LogP contribution >= 0.6 is 0 Å². The molecule has 0 aliphatic carbocycles. The predicted molar refractivity (Wildman–Crippen MR) is 158 cm³/mol. The van der Waals surface area contributed by atoms with Gasteiger partial charge >= 0.3 is 25.8 Å². The maximum Gasteiger partial charge on any atom is 4.00 e. The summed E-state index contributed by atoms with van der Waals surface area (Å²) < 4.78 is 0. The maximum atomic E-state index is 10.8. The van der Waals surface area contributed by atoms with Crippen molar-refractivity contribution in [1.82, 2.24) is 0 Å². The van der Waals surface area contributed by atoms with Gasteiger partial charge in [-0.2, -0.15) is 0 Å². The van der Waals surface area contributed by atoms with Crippen molar-refractivity contribution in [2.24, 2.45) is 21.7 Å². The van der Waals surface area contributed by atoms with Gasteiger partial charge in [-0.05, 0) is 21.7 Å². The summed E-state index contributed by atoms with van der Waals surface area (Å²) in [6, 6.07) is 0. The molecule has 0 bridgehead atoms. The molecular weight excluding hydrogens is 691 g/mol. The van der Waals surface area contributed by atoms with E-state index in [-0.39, 0.29) is 96.3 Å². The molecule has 0 spiro atoms. The van der Waals surface area contributed by atoms with Gasteiger partial charge in [0, 0.05) is 25.7 Å². The average Bonchev–Trinajstić information content (AvgIpc) is 2.64. The Labute approximate surface area is 267 Å². The van der Waals surface area contributed by atoms with E-state index in [4.69, 9.17) is 0 Å². The van der Waals surface area contributed by atoms with E-state index >= 15 is 0 Å². The van der Waals surface area contributed by atoms with Crippen LogP contribution in [0.3, 0.4) is 0 Å². The fourth-order valence-electron chi connectivity index (χ4n) is 2.94. The number of hydrogen-bond donors (Lipinski definition) is 0. The minimum absolute atomic E-state index is 0. The zero-order chi connectivity index (χ0) is 32.8. The predicted octanol–water partition coefficient (Wildman–Crippen LogP) is 5.96. The Bertz CT molecular complexity index is 666. The molecule has 232 valence electrons. The molecule has 0 aliphatic heterocycles. The first kappa shape index (κ1) is 48.9. The Balaban J connectivity index is -0.000000139. The standard InChI is InChI=1S/4C8H13O2.Hf/c4*1-8(2,3)6-7(10)4-5-9;/h4*4,6H2,1-3H3;/q4*-1;+4. The Morgan fingerprint density at radius 2 is 0.488 bits per heavy atom. The van der Waals surface area contributed by atoms with Crippen molar-refractivity contribution >= 4 is 48.3 Å². The van der Waals surface area contributed by atoms with Crippen molar-refractivity contribution in [2.75, 3.05) is 0 Å². The first-order valence-electron chi connectivity index (χ1n) is 13.3. The molecule has 0 aromatic heterocycles. The SMILES string of the molecule is CC(C)(C)CC(=O)C[C-]=O.CC(C)(C)CC(=O)C[C-]=O.CC(C)(C)CC(=O)C[C-]=O.CC(C)(C)CC(=O)C[C-]=O.[Hf+4]. The van der Waals surface area contributed by atoms with Crippen LogP contribution in [-0.4, -0.2) is 48.3 Å². The smallest absolute Gasteiger partial charge is 0.541 e. The molecule has 0 aromatic carbocycles. The number of carbonyl (C=O) groups is 4. The third-order valence-corrected chi connectivity index (χ3v) is 3.99. The molecule has 0 fully saturated rings. The minimum atomic E-state index is -0.0583. The molecule has 0 saturated carbocycles. The van der Waals surface area contributed by atoms with E-state index in [0.717, 1.165) is 0 Å². The summed E-state index contributed by atoms with van der Waals surface area (Å²) in [4.78, 5) is 82.2. The van der Waals surface area contributed by atoms with Crippen LogP contribution in [0, 0.1) is 21.7 Å². The molecule has 0 aromatic rings. The molecule has 0 atom stereocenters. The van der Waals surface area contributed by atoms with E-state index in [9.17, 15) is 38.4 Å². The second-order valence-corrected chi connectivity index (χ2v) is 14.4. The molecule has 0 radical (unpaired) electrons. The maximum absolute atomic E-state index is 10.8. The van der Waals surface area contributed by atoms with Gasteiger partial charge in [-0.15, -0.1) is 0 Å². The summed E-state index contributed by atoms with van der Waals surface area (Å²) in [5.41, 5.74) is -0.0241. The van der Waals surface area contributed by atoms with Crippen LogP contribution in [-0.2, 0) is 64.2 Å². The van der Waals surface area contributed by atoms with Gasteiger partial charge in [0.1, 0.15) is 23.1 Å². The third-order valence-electron chi connectivity index (χ3n) is 3.99. The van der Waals surface area contributed by atoms with Crippen molar-refractivity contribution in [1.29, 1.82) is 0 Å². The van der Waals surface area contributed by atoms with Gasteiger partial charge in [0.2, 0.25) is 0 Å². The van der Waals surface area contributed by atoms with E-state index < -0.39 is 0 Å². The van der Waals surface area contributed by atoms with Crippen LogP contribution in [0.15, 0.2) is 0 Å². The number of Topliss-reactive ketones (excluding diaryl/α,β-unsaturated/α-hetero) is 4. The molecule has 0 N–H and O–H groups in total. The van der Waals surface area contributed by atoms with E-state index in [0.29, 0.717) is 25.7 Å². The van der Waals surface area contributed by atoms with Gasteiger partial charge in [0.15, 0.2) is 0 Å². The van der Waals surface area contributed by atoms with Gasteiger partial charge in [0.25, 0.3) is 0 Å². The summed E-state index contributed by atoms with van der Waals surface area (Å²) in [5, 5.41) is 0. The summed E-state index contributed by atoms with van der Waals surface area (Å²) in [6.45, 7) is 23.6. The van der Waals surface area contributed by atoms with Gasteiger partial charge in [-0.25, -0.2) is 0 Å². The average molecular weight is 743 g/mol. The topological polar surface area (TPSA) is 137 Å². The van der Waals surface area contributed by atoms with Crippen LogP contribution in [0.4, 0.5) is 0 Å². The number of ketones is 4. The van der Waals surface area contributed by atoms with Crippen LogP contribution in [0.25, 0.3) is 0 Å². The third kappa shape index (κ3) is 54.9. The Hall–Kier alpha value is -1.77.